The molecule has 1 heterocycles. The van der Waals surface area contributed by atoms with E-state index in [2.05, 4.69) is 88.6 Å². The molecule has 37 heavy (non-hydrogen) atoms. The van der Waals surface area contributed by atoms with Crippen LogP contribution in [0, 0.1) is 23.6 Å². The van der Waals surface area contributed by atoms with Crippen LogP contribution in [-0.2, 0) is 19.4 Å². The fourth-order valence-electron chi connectivity index (χ4n) is 6.85. The lowest BCUT2D eigenvalue weighted by Crippen LogP contribution is -2.35. The van der Waals surface area contributed by atoms with Gasteiger partial charge in [-0.1, -0.05) is 88.4 Å². The highest BCUT2D eigenvalue weighted by Crippen LogP contribution is 2.48. The molecule has 0 radical (unpaired) electrons. The lowest BCUT2D eigenvalue weighted by molar-refractivity contribution is 0.129. The molecule has 0 fully saturated rings. The first-order valence-corrected chi connectivity index (χ1v) is 13.8. The van der Waals surface area contributed by atoms with Crippen LogP contribution in [0.4, 0.5) is 4.39 Å². The van der Waals surface area contributed by atoms with Crippen molar-refractivity contribution in [3.05, 3.63) is 118 Å². The fourth-order valence-corrected chi connectivity index (χ4v) is 6.85. The van der Waals surface area contributed by atoms with Gasteiger partial charge >= 0.3 is 0 Å². The zero-order valence-electron chi connectivity index (χ0n) is 23.5. The topological polar surface area (TPSA) is 3.24 Å². The van der Waals surface area contributed by atoms with E-state index in [9.17, 15) is 4.39 Å². The first kappa shape index (κ1) is 25.9. The van der Waals surface area contributed by atoms with E-state index in [0.717, 1.165) is 37.1 Å². The van der Waals surface area contributed by atoms with Crippen LogP contribution in [0.5, 0.6) is 0 Å². The van der Waals surface area contributed by atoms with Crippen molar-refractivity contribution in [3.63, 3.8) is 0 Å². The van der Waals surface area contributed by atoms with Crippen molar-refractivity contribution in [1.82, 2.24) is 4.90 Å². The highest BCUT2D eigenvalue weighted by molar-refractivity contribution is 5.47. The number of nitrogens with zero attached hydrogens (tertiary/aromatic N) is 1. The summed E-state index contributed by atoms with van der Waals surface area (Å²) in [4.78, 5) is 2.74. The Labute approximate surface area is 223 Å². The summed E-state index contributed by atoms with van der Waals surface area (Å²) in [5, 5.41) is 0. The van der Waals surface area contributed by atoms with Crippen molar-refractivity contribution in [3.8, 4) is 0 Å². The summed E-state index contributed by atoms with van der Waals surface area (Å²) in [5.74, 6) is -0.0651. The Kier molecular flexibility index (Phi) is 6.69. The van der Waals surface area contributed by atoms with Crippen molar-refractivity contribution in [2.75, 3.05) is 6.54 Å². The molecule has 0 saturated heterocycles. The largest absolute Gasteiger partial charge is 0.292 e. The molecule has 2 atom stereocenters. The molecule has 0 spiro atoms. The molecule has 0 bridgehead atoms. The predicted octanol–water partition coefficient (Wildman–Crippen LogP) is 8.94. The minimum atomic E-state index is -0.175. The summed E-state index contributed by atoms with van der Waals surface area (Å²) in [6, 6.07) is 21.9. The molecule has 2 heteroatoms. The average molecular weight is 496 g/mol. The van der Waals surface area contributed by atoms with Crippen LogP contribution >= 0.6 is 0 Å². The third kappa shape index (κ3) is 4.93. The third-order valence-corrected chi connectivity index (χ3v) is 9.15. The summed E-state index contributed by atoms with van der Waals surface area (Å²) in [5.41, 5.74) is 10.6. The second-order valence-corrected chi connectivity index (χ2v) is 13.0. The number of rotatable bonds is 5. The van der Waals surface area contributed by atoms with Gasteiger partial charge in [0.1, 0.15) is 5.82 Å². The number of aryl methyl sites for hydroxylation is 2. The molecular weight excluding hydrogens is 453 g/mol. The van der Waals surface area contributed by atoms with Gasteiger partial charge in [-0.3, -0.25) is 4.90 Å². The zero-order valence-corrected chi connectivity index (χ0v) is 23.5. The SMILES string of the molecule is C=C(C)C(C)(C)C(c1ccc2c(c1)C(N1Cc3ccccc3CC(C)(C)C1)CC2)c1ccc(F)cc1C. The van der Waals surface area contributed by atoms with Gasteiger partial charge < -0.3 is 0 Å². The van der Waals surface area contributed by atoms with Crippen molar-refractivity contribution in [2.24, 2.45) is 10.8 Å². The van der Waals surface area contributed by atoms with Crippen molar-refractivity contribution >= 4 is 0 Å². The molecule has 5 rings (SSSR count). The van der Waals surface area contributed by atoms with Crippen LogP contribution in [0.25, 0.3) is 0 Å². The lowest BCUT2D eigenvalue weighted by Gasteiger charge is -2.38. The summed E-state index contributed by atoms with van der Waals surface area (Å²) in [7, 11) is 0. The van der Waals surface area contributed by atoms with E-state index in [1.165, 1.54) is 39.8 Å². The summed E-state index contributed by atoms with van der Waals surface area (Å²) in [6.07, 6.45) is 3.42. The lowest BCUT2D eigenvalue weighted by atomic mass is 9.67. The smallest absolute Gasteiger partial charge is 0.123 e. The van der Waals surface area contributed by atoms with Crippen LogP contribution in [-0.4, -0.2) is 11.4 Å². The molecule has 1 aliphatic heterocycles. The van der Waals surface area contributed by atoms with E-state index in [0.29, 0.717) is 6.04 Å². The van der Waals surface area contributed by atoms with Crippen LogP contribution in [0.3, 0.4) is 0 Å². The number of hydrogen-bond donors (Lipinski definition) is 0. The van der Waals surface area contributed by atoms with E-state index < -0.39 is 0 Å². The monoisotopic (exact) mass is 495 g/mol. The normalized spacial score (nSPS) is 20.1. The van der Waals surface area contributed by atoms with E-state index in [4.69, 9.17) is 0 Å². The highest BCUT2D eigenvalue weighted by Gasteiger charge is 2.38. The number of hydrogen-bond acceptors (Lipinski definition) is 1. The van der Waals surface area contributed by atoms with Crippen LogP contribution in [0.1, 0.15) is 91.9 Å². The van der Waals surface area contributed by atoms with E-state index >= 15 is 0 Å². The number of fused-ring (bicyclic) bond motifs is 2. The molecule has 194 valence electrons. The summed E-state index contributed by atoms with van der Waals surface area (Å²) < 4.78 is 14.1. The van der Waals surface area contributed by atoms with Crippen LogP contribution in [0.15, 0.2) is 72.8 Å². The van der Waals surface area contributed by atoms with Gasteiger partial charge in [0.15, 0.2) is 0 Å². The Morgan fingerprint density at radius 2 is 1.76 bits per heavy atom. The number of benzene rings is 3. The first-order chi connectivity index (χ1) is 17.5. The maximum absolute atomic E-state index is 14.1. The average Bonchev–Trinajstić information content (AvgIpc) is 3.18. The highest BCUT2D eigenvalue weighted by atomic mass is 19.1. The maximum Gasteiger partial charge on any atom is 0.123 e. The zero-order chi connectivity index (χ0) is 26.5. The Balaban J connectivity index is 1.58. The minimum absolute atomic E-state index is 0.110. The maximum atomic E-state index is 14.1. The second-order valence-electron chi connectivity index (χ2n) is 13.0. The van der Waals surface area contributed by atoms with Gasteiger partial charge in [0.05, 0.1) is 0 Å². The molecule has 2 unspecified atom stereocenters. The van der Waals surface area contributed by atoms with Crippen molar-refractivity contribution < 1.29 is 4.39 Å². The van der Waals surface area contributed by atoms with Gasteiger partial charge in [-0.25, -0.2) is 4.39 Å². The standard InChI is InChI=1S/C35H42FN/c1-23(2)35(6,7)33(30-16-15-29(36)18-24(30)3)26-13-12-25-14-17-32(31(25)19-26)37-21-28-11-9-8-10-27(28)20-34(4,5)22-37/h8-13,15-16,18-19,32-33H,1,14,17,20-22H2,2-7H3. The quantitative estimate of drug-likeness (QED) is 0.319. The Morgan fingerprint density at radius 3 is 2.46 bits per heavy atom. The Bertz CT molecular complexity index is 1330. The van der Waals surface area contributed by atoms with Gasteiger partial charge in [0, 0.05) is 25.0 Å². The van der Waals surface area contributed by atoms with Crippen LogP contribution in [0.2, 0.25) is 0 Å². The molecule has 1 aliphatic carbocycles. The number of allylic oxidation sites excluding steroid dienone is 1. The molecule has 3 aromatic rings. The molecule has 0 saturated carbocycles. The molecule has 3 aromatic carbocycles. The van der Waals surface area contributed by atoms with Crippen molar-refractivity contribution in [2.45, 2.75) is 79.3 Å². The number of halogens is 1. The van der Waals surface area contributed by atoms with Crippen LogP contribution < -0.4 is 0 Å². The Morgan fingerprint density at radius 1 is 1.03 bits per heavy atom. The predicted molar refractivity (Wildman–Crippen MR) is 153 cm³/mol. The molecule has 0 aromatic heterocycles. The third-order valence-electron chi connectivity index (χ3n) is 9.15. The van der Waals surface area contributed by atoms with Gasteiger partial charge in [0.2, 0.25) is 0 Å². The van der Waals surface area contributed by atoms with Crippen molar-refractivity contribution in [1.29, 1.82) is 0 Å². The van der Waals surface area contributed by atoms with Gasteiger partial charge in [-0.05, 0) is 95.0 Å². The summed E-state index contributed by atoms with van der Waals surface area (Å²) in [6.45, 7) is 20.0. The van der Waals surface area contributed by atoms with E-state index in [-0.39, 0.29) is 22.6 Å². The second kappa shape index (κ2) is 9.55. The van der Waals surface area contributed by atoms with Gasteiger partial charge in [0.25, 0.3) is 0 Å². The molecule has 0 amide bonds. The molecule has 1 nitrogen and oxygen atoms in total. The Hall–Kier alpha value is -2.71. The fraction of sp³-hybridized carbons (Fsp3) is 0.429. The van der Waals surface area contributed by atoms with Gasteiger partial charge in [-0.2, -0.15) is 0 Å². The van der Waals surface area contributed by atoms with Gasteiger partial charge in [-0.15, -0.1) is 0 Å². The molecule has 2 aliphatic rings. The summed E-state index contributed by atoms with van der Waals surface area (Å²) >= 11 is 0. The van der Waals surface area contributed by atoms with E-state index in [1.54, 1.807) is 12.1 Å². The minimum Gasteiger partial charge on any atom is -0.292 e. The first-order valence-electron chi connectivity index (χ1n) is 13.8. The van der Waals surface area contributed by atoms with E-state index in [1.807, 2.05) is 13.0 Å². The molecule has 0 N–H and O–H groups in total. The molecular formula is C35H42FN.